The van der Waals surface area contributed by atoms with E-state index in [1.165, 1.54) is 11.3 Å². The van der Waals surface area contributed by atoms with Crippen LogP contribution < -0.4 is 11.3 Å². The van der Waals surface area contributed by atoms with Gasteiger partial charge < -0.3 is 5.73 Å². The van der Waals surface area contributed by atoms with Crippen molar-refractivity contribution in [2.45, 2.75) is 6.54 Å². The molecule has 0 bridgehead atoms. The van der Waals surface area contributed by atoms with Crippen LogP contribution in [-0.2, 0) is 13.6 Å². The number of nitriles is 1. The number of benzene rings is 1. The van der Waals surface area contributed by atoms with E-state index in [9.17, 15) is 10.1 Å². The molecule has 0 aliphatic heterocycles. The molecule has 0 aliphatic rings. The molecule has 3 N–H and O–H groups in total. The van der Waals surface area contributed by atoms with Gasteiger partial charge in [-0.3, -0.25) is 14.5 Å². The molecule has 0 amide bonds. The highest BCUT2D eigenvalue weighted by molar-refractivity contribution is 7.22. The second-order valence-corrected chi connectivity index (χ2v) is 7.84. The van der Waals surface area contributed by atoms with Crippen LogP contribution in [0.25, 0.3) is 42.6 Å². The molecule has 4 aromatic heterocycles. The van der Waals surface area contributed by atoms with Gasteiger partial charge in [-0.05, 0) is 23.8 Å². The maximum atomic E-state index is 12.2. The van der Waals surface area contributed by atoms with Crippen molar-refractivity contribution in [3.63, 3.8) is 0 Å². The highest BCUT2D eigenvalue weighted by Gasteiger charge is 2.21. The van der Waals surface area contributed by atoms with Crippen molar-refractivity contribution in [1.82, 2.24) is 25.0 Å². The molecule has 0 fully saturated rings. The summed E-state index contributed by atoms with van der Waals surface area (Å²) < 4.78 is 2.75. The van der Waals surface area contributed by atoms with E-state index >= 15 is 0 Å². The molecular weight excluding hydrogens is 398 g/mol. The van der Waals surface area contributed by atoms with Crippen molar-refractivity contribution in [1.29, 1.82) is 5.26 Å². The quantitative estimate of drug-likeness (QED) is 0.468. The van der Waals surface area contributed by atoms with Crippen LogP contribution in [-0.4, -0.2) is 25.0 Å². The number of H-pyrrole nitrogens is 1. The number of nitrogens with one attached hydrogen (secondary N) is 1. The zero-order valence-corrected chi connectivity index (χ0v) is 16.7. The number of pyridine rings is 1. The second-order valence-electron chi connectivity index (χ2n) is 6.78. The molecule has 0 spiro atoms. The van der Waals surface area contributed by atoms with E-state index in [1.54, 1.807) is 29.3 Å². The zero-order chi connectivity index (χ0) is 20.8. The molecule has 146 valence electrons. The van der Waals surface area contributed by atoms with Crippen molar-refractivity contribution < 1.29 is 0 Å². The molecule has 9 heteroatoms. The van der Waals surface area contributed by atoms with E-state index in [0.29, 0.717) is 22.0 Å². The normalized spacial score (nSPS) is 11.2. The Balaban J connectivity index is 1.79. The van der Waals surface area contributed by atoms with Gasteiger partial charge in [-0.1, -0.05) is 6.07 Å². The predicted octanol–water partition coefficient (Wildman–Crippen LogP) is 2.93. The maximum absolute atomic E-state index is 12.2. The van der Waals surface area contributed by atoms with Gasteiger partial charge in [-0.15, -0.1) is 11.3 Å². The van der Waals surface area contributed by atoms with Crippen LogP contribution in [0.5, 0.6) is 0 Å². The number of fused-ring (bicyclic) bond motifs is 2. The number of nitrogens with two attached hydrogens (primary N) is 1. The smallest absolute Gasteiger partial charge is 0.272 e. The lowest BCUT2D eigenvalue weighted by molar-refractivity contribution is 0.777. The minimum Gasteiger partial charge on any atom is -0.325 e. The lowest BCUT2D eigenvalue weighted by Crippen LogP contribution is -2.13. The number of rotatable bonds is 3. The fraction of sp³-hybridized carbons (Fsp3) is 0.0952. The first-order chi connectivity index (χ1) is 14.6. The molecule has 0 radical (unpaired) electrons. The van der Waals surface area contributed by atoms with Gasteiger partial charge in [0.15, 0.2) is 0 Å². The first kappa shape index (κ1) is 18.2. The van der Waals surface area contributed by atoms with Crippen LogP contribution in [0.3, 0.4) is 0 Å². The van der Waals surface area contributed by atoms with Gasteiger partial charge in [-0.25, -0.2) is 5.10 Å². The zero-order valence-electron chi connectivity index (χ0n) is 15.9. The topological polar surface area (TPSA) is 126 Å². The molecular formula is C21H15N7OS. The van der Waals surface area contributed by atoms with E-state index in [2.05, 4.69) is 26.3 Å². The number of nitrogens with zero attached hydrogens (tertiary/aromatic N) is 5. The molecule has 0 saturated heterocycles. The first-order valence-corrected chi connectivity index (χ1v) is 9.94. The van der Waals surface area contributed by atoms with Crippen molar-refractivity contribution >= 4 is 32.2 Å². The number of thiophene rings is 1. The highest BCUT2D eigenvalue weighted by atomic mass is 32.1. The van der Waals surface area contributed by atoms with Crippen molar-refractivity contribution in [2.24, 2.45) is 12.8 Å². The second kappa shape index (κ2) is 6.88. The van der Waals surface area contributed by atoms with E-state index in [4.69, 9.17) is 5.73 Å². The molecule has 8 nitrogen and oxygen atoms in total. The number of aromatic nitrogens is 5. The summed E-state index contributed by atoms with van der Waals surface area (Å²) in [6.07, 6.45) is 5.20. The van der Waals surface area contributed by atoms with E-state index < -0.39 is 0 Å². The summed E-state index contributed by atoms with van der Waals surface area (Å²) in [4.78, 5) is 17.1. The van der Waals surface area contributed by atoms with Crippen LogP contribution in [0.15, 0.2) is 47.7 Å². The van der Waals surface area contributed by atoms with Gasteiger partial charge in [0, 0.05) is 47.0 Å². The minimum atomic E-state index is -0.260. The van der Waals surface area contributed by atoms with Crippen LogP contribution in [0.4, 0.5) is 0 Å². The van der Waals surface area contributed by atoms with Gasteiger partial charge in [0.05, 0.1) is 33.4 Å². The maximum Gasteiger partial charge on any atom is 0.272 e. The molecule has 4 heterocycles. The molecule has 5 rings (SSSR count). The Morgan fingerprint density at radius 2 is 2.10 bits per heavy atom. The third kappa shape index (κ3) is 2.62. The van der Waals surface area contributed by atoms with Gasteiger partial charge in [0.1, 0.15) is 6.07 Å². The summed E-state index contributed by atoms with van der Waals surface area (Å²) in [6.45, 7) is 0.207. The van der Waals surface area contributed by atoms with Crippen molar-refractivity contribution in [3.05, 3.63) is 64.5 Å². The molecule has 1 aromatic carbocycles. The largest absolute Gasteiger partial charge is 0.325 e. The Morgan fingerprint density at radius 1 is 1.23 bits per heavy atom. The van der Waals surface area contributed by atoms with Crippen LogP contribution in [0.2, 0.25) is 0 Å². The Morgan fingerprint density at radius 3 is 2.90 bits per heavy atom. The lowest BCUT2D eigenvalue weighted by atomic mass is 10.00. The van der Waals surface area contributed by atoms with Crippen LogP contribution in [0, 0.1) is 11.3 Å². The van der Waals surface area contributed by atoms with Crippen LogP contribution >= 0.6 is 11.3 Å². The van der Waals surface area contributed by atoms with Gasteiger partial charge in [0.2, 0.25) is 0 Å². The number of hydrogen-bond acceptors (Lipinski definition) is 7. The van der Waals surface area contributed by atoms with Crippen molar-refractivity contribution in [2.75, 3.05) is 0 Å². The van der Waals surface area contributed by atoms with Gasteiger partial charge >= 0.3 is 0 Å². The average Bonchev–Trinajstić information content (AvgIpc) is 3.33. The average molecular weight is 413 g/mol. The van der Waals surface area contributed by atoms with Crippen molar-refractivity contribution in [3.8, 4) is 27.8 Å². The first-order valence-electron chi connectivity index (χ1n) is 9.13. The molecule has 30 heavy (non-hydrogen) atoms. The lowest BCUT2D eigenvalue weighted by Gasteiger charge is -2.08. The summed E-state index contributed by atoms with van der Waals surface area (Å²) in [5.41, 5.74) is 9.31. The Bertz CT molecular complexity index is 1540. The van der Waals surface area contributed by atoms with Crippen LogP contribution in [0.1, 0.15) is 11.3 Å². The third-order valence-corrected chi connectivity index (χ3v) is 6.30. The molecule has 0 unspecified atom stereocenters. The SMILES string of the molecule is Cn1ncc(-c2ccc3c(=O)[nH]nc(CN)c3c2)c1-c1sc2ccncc2c1C#N. The van der Waals surface area contributed by atoms with E-state index in [0.717, 1.165) is 31.8 Å². The Hall–Kier alpha value is -3.87. The summed E-state index contributed by atoms with van der Waals surface area (Å²) in [7, 11) is 1.85. The predicted molar refractivity (Wildman–Crippen MR) is 116 cm³/mol. The van der Waals surface area contributed by atoms with E-state index in [-0.39, 0.29) is 12.1 Å². The third-order valence-electron chi connectivity index (χ3n) is 5.13. The Kier molecular flexibility index (Phi) is 4.17. The summed E-state index contributed by atoms with van der Waals surface area (Å²) in [5.74, 6) is 0. The van der Waals surface area contributed by atoms with E-state index in [1.807, 2.05) is 25.2 Å². The molecule has 0 saturated carbocycles. The summed E-state index contributed by atoms with van der Waals surface area (Å²) in [6, 6.07) is 9.77. The standard InChI is InChI=1S/C21H15N7OS/c1-28-19(20-14(7-22)16-9-24-5-4-18(16)30-20)15(10-25-28)11-2-3-12-13(6-11)17(8-23)26-27-21(12)29/h2-6,9-10H,8,23H2,1H3,(H,27,29). The monoisotopic (exact) mass is 413 g/mol. The Labute approximate surface area is 174 Å². The number of hydrogen-bond donors (Lipinski definition) is 2. The minimum absolute atomic E-state index is 0.207. The molecule has 0 atom stereocenters. The molecule has 0 aliphatic carbocycles. The fourth-order valence-electron chi connectivity index (χ4n) is 3.68. The number of aryl methyl sites for hydroxylation is 1. The van der Waals surface area contributed by atoms with Gasteiger partial charge in [-0.2, -0.15) is 15.5 Å². The summed E-state index contributed by atoms with van der Waals surface area (Å²) >= 11 is 1.53. The fourth-order valence-corrected chi connectivity index (χ4v) is 4.89. The summed E-state index contributed by atoms with van der Waals surface area (Å²) in [5, 5.41) is 22.9. The number of aromatic amines is 1. The highest BCUT2D eigenvalue weighted by Crippen LogP contribution is 2.42. The molecule has 5 aromatic rings. The van der Waals surface area contributed by atoms with Gasteiger partial charge in [0.25, 0.3) is 5.56 Å².